The maximum Gasteiger partial charge on any atom is 0.217 e. The number of amides is 1. The van der Waals surface area contributed by atoms with Crippen LogP contribution in [-0.4, -0.2) is 12.5 Å². The van der Waals surface area contributed by atoms with E-state index in [1.54, 1.807) is 0 Å². The standard InChI is InChI=1S/C16H23BrN2O/c1-16(2,9-15(18)20)8-12-7-13(17)5-6-14(12)19-10-11-3-4-11/h5-7,11,19H,3-4,8-10H2,1-2H3,(H2,18,20). The minimum atomic E-state index is -0.238. The van der Waals surface area contributed by atoms with Gasteiger partial charge in [0, 0.05) is 23.1 Å². The Kier molecular flexibility index (Phi) is 4.74. The highest BCUT2D eigenvalue weighted by atomic mass is 79.9. The first-order chi connectivity index (χ1) is 9.35. The topological polar surface area (TPSA) is 55.1 Å². The summed E-state index contributed by atoms with van der Waals surface area (Å²) >= 11 is 3.53. The first-order valence-corrected chi connectivity index (χ1v) is 7.96. The second-order valence-corrected chi connectivity index (χ2v) is 7.53. The second-order valence-electron chi connectivity index (χ2n) is 6.61. The van der Waals surface area contributed by atoms with Crippen LogP contribution in [0.3, 0.4) is 0 Å². The van der Waals surface area contributed by atoms with Gasteiger partial charge in [0.25, 0.3) is 0 Å². The molecule has 0 aliphatic heterocycles. The molecule has 20 heavy (non-hydrogen) atoms. The predicted molar refractivity (Wildman–Crippen MR) is 86.7 cm³/mol. The maximum atomic E-state index is 11.2. The van der Waals surface area contributed by atoms with Gasteiger partial charge in [0.05, 0.1) is 0 Å². The van der Waals surface area contributed by atoms with Gasteiger partial charge < -0.3 is 11.1 Å². The van der Waals surface area contributed by atoms with Crippen LogP contribution in [0.25, 0.3) is 0 Å². The average Bonchev–Trinajstić information content (AvgIpc) is 3.09. The van der Waals surface area contributed by atoms with E-state index in [0.717, 1.165) is 23.4 Å². The Bertz CT molecular complexity index is 495. The number of anilines is 1. The van der Waals surface area contributed by atoms with Crippen molar-refractivity contribution in [1.82, 2.24) is 0 Å². The lowest BCUT2D eigenvalue weighted by molar-refractivity contribution is -0.119. The van der Waals surface area contributed by atoms with Crippen LogP contribution in [-0.2, 0) is 11.2 Å². The molecule has 1 saturated carbocycles. The van der Waals surface area contributed by atoms with Crippen molar-refractivity contribution in [3.05, 3.63) is 28.2 Å². The minimum absolute atomic E-state index is 0.122. The molecule has 1 aromatic rings. The number of rotatable bonds is 7. The molecule has 3 N–H and O–H groups in total. The number of halogens is 1. The molecule has 1 fully saturated rings. The van der Waals surface area contributed by atoms with Crippen LogP contribution >= 0.6 is 15.9 Å². The van der Waals surface area contributed by atoms with E-state index in [9.17, 15) is 4.79 Å². The second kappa shape index (κ2) is 6.17. The number of carbonyl (C=O) groups excluding carboxylic acids is 1. The van der Waals surface area contributed by atoms with Crippen LogP contribution in [0, 0.1) is 11.3 Å². The number of nitrogens with two attached hydrogens (primary N) is 1. The van der Waals surface area contributed by atoms with Crippen molar-refractivity contribution in [1.29, 1.82) is 0 Å². The lowest BCUT2D eigenvalue weighted by atomic mass is 9.82. The van der Waals surface area contributed by atoms with E-state index < -0.39 is 0 Å². The smallest absolute Gasteiger partial charge is 0.217 e. The zero-order chi connectivity index (χ0) is 14.8. The van der Waals surface area contributed by atoms with Crippen molar-refractivity contribution in [3.63, 3.8) is 0 Å². The van der Waals surface area contributed by atoms with Gasteiger partial charge in [0.2, 0.25) is 5.91 Å². The Balaban J connectivity index is 2.10. The highest BCUT2D eigenvalue weighted by Gasteiger charge is 2.24. The summed E-state index contributed by atoms with van der Waals surface area (Å²) in [5.41, 5.74) is 7.64. The number of nitrogens with one attached hydrogen (secondary N) is 1. The molecule has 0 bridgehead atoms. The normalized spacial score (nSPS) is 15.2. The van der Waals surface area contributed by atoms with Crippen LogP contribution in [0.5, 0.6) is 0 Å². The number of benzene rings is 1. The van der Waals surface area contributed by atoms with Crippen molar-refractivity contribution in [2.75, 3.05) is 11.9 Å². The Morgan fingerprint density at radius 3 is 2.75 bits per heavy atom. The van der Waals surface area contributed by atoms with Crippen molar-refractivity contribution < 1.29 is 4.79 Å². The summed E-state index contributed by atoms with van der Waals surface area (Å²) in [7, 11) is 0. The molecule has 1 aliphatic carbocycles. The molecule has 0 radical (unpaired) electrons. The Morgan fingerprint density at radius 2 is 2.15 bits per heavy atom. The zero-order valence-electron chi connectivity index (χ0n) is 12.2. The number of primary amides is 1. The highest BCUT2D eigenvalue weighted by Crippen LogP contribution is 2.33. The van der Waals surface area contributed by atoms with E-state index in [2.05, 4.69) is 53.3 Å². The third-order valence-corrected chi connectivity index (χ3v) is 4.16. The molecule has 1 aliphatic rings. The van der Waals surface area contributed by atoms with Gasteiger partial charge in [-0.2, -0.15) is 0 Å². The Hall–Kier alpha value is -1.03. The van der Waals surface area contributed by atoms with Crippen molar-refractivity contribution in [3.8, 4) is 0 Å². The third kappa shape index (κ3) is 4.82. The van der Waals surface area contributed by atoms with Gasteiger partial charge in [-0.15, -0.1) is 0 Å². The summed E-state index contributed by atoms with van der Waals surface area (Å²) < 4.78 is 1.07. The van der Waals surface area contributed by atoms with Crippen LogP contribution < -0.4 is 11.1 Å². The zero-order valence-corrected chi connectivity index (χ0v) is 13.8. The number of hydrogen-bond acceptors (Lipinski definition) is 2. The molecule has 4 heteroatoms. The largest absolute Gasteiger partial charge is 0.385 e. The Labute approximate surface area is 129 Å². The van der Waals surface area contributed by atoms with E-state index in [-0.39, 0.29) is 11.3 Å². The van der Waals surface area contributed by atoms with Gasteiger partial charge in [-0.25, -0.2) is 0 Å². The Morgan fingerprint density at radius 1 is 1.45 bits per heavy atom. The summed E-state index contributed by atoms with van der Waals surface area (Å²) in [6, 6.07) is 6.31. The van der Waals surface area contributed by atoms with E-state index in [4.69, 9.17) is 5.73 Å². The molecule has 0 heterocycles. The molecule has 0 spiro atoms. The fourth-order valence-corrected chi connectivity index (χ4v) is 2.92. The van der Waals surface area contributed by atoms with Gasteiger partial charge in [0.1, 0.15) is 0 Å². The fourth-order valence-electron chi connectivity index (χ4n) is 2.51. The molecule has 3 nitrogen and oxygen atoms in total. The SMILES string of the molecule is CC(C)(CC(N)=O)Cc1cc(Br)ccc1NCC1CC1. The minimum Gasteiger partial charge on any atom is -0.385 e. The summed E-state index contributed by atoms with van der Waals surface area (Å²) in [4.78, 5) is 11.2. The third-order valence-electron chi connectivity index (χ3n) is 3.67. The number of carbonyl (C=O) groups is 1. The van der Waals surface area contributed by atoms with Crippen LogP contribution in [0.2, 0.25) is 0 Å². The molecule has 0 aromatic heterocycles. The summed E-state index contributed by atoms with van der Waals surface area (Å²) in [5.74, 6) is 0.600. The molecule has 0 atom stereocenters. The van der Waals surface area contributed by atoms with Gasteiger partial charge in [-0.05, 0) is 54.4 Å². The predicted octanol–water partition coefficient (Wildman–Crippen LogP) is 3.72. The van der Waals surface area contributed by atoms with Gasteiger partial charge in [-0.3, -0.25) is 4.79 Å². The molecule has 0 unspecified atom stereocenters. The van der Waals surface area contributed by atoms with Gasteiger partial charge in [0.15, 0.2) is 0 Å². The quantitative estimate of drug-likeness (QED) is 0.796. The summed E-state index contributed by atoms with van der Waals surface area (Å²) in [6.07, 6.45) is 3.92. The van der Waals surface area contributed by atoms with Crippen LogP contribution in [0.1, 0.15) is 38.7 Å². The van der Waals surface area contributed by atoms with E-state index in [1.807, 2.05) is 0 Å². The lowest BCUT2D eigenvalue weighted by Crippen LogP contribution is -2.25. The van der Waals surface area contributed by atoms with E-state index in [1.165, 1.54) is 24.1 Å². The maximum absolute atomic E-state index is 11.2. The van der Waals surface area contributed by atoms with Crippen molar-refractivity contribution in [2.45, 2.75) is 39.5 Å². The molecule has 1 amide bonds. The van der Waals surface area contributed by atoms with Crippen molar-refractivity contribution >= 4 is 27.5 Å². The average molecular weight is 339 g/mol. The molecular formula is C16H23BrN2O. The fraction of sp³-hybridized carbons (Fsp3) is 0.562. The van der Waals surface area contributed by atoms with E-state index >= 15 is 0 Å². The van der Waals surface area contributed by atoms with Crippen LogP contribution in [0.4, 0.5) is 5.69 Å². The first-order valence-electron chi connectivity index (χ1n) is 7.16. The molecule has 2 rings (SSSR count). The van der Waals surface area contributed by atoms with Gasteiger partial charge >= 0.3 is 0 Å². The van der Waals surface area contributed by atoms with Crippen molar-refractivity contribution in [2.24, 2.45) is 17.1 Å². The number of hydrogen-bond donors (Lipinski definition) is 2. The van der Waals surface area contributed by atoms with Gasteiger partial charge in [-0.1, -0.05) is 29.8 Å². The van der Waals surface area contributed by atoms with Crippen LogP contribution in [0.15, 0.2) is 22.7 Å². The molecular weight excluding hydrogens is 316 g/mol. The first kappa shape index (κ1) is 15.4. The highest BCUT2D eigenvalue weighted by molar-refractivity contribution is 9.10. The summed E-state index contributed by atoms with van der Waals surface area (Å²) in [6.45, 7) is 5.22. The molecule has 1 aromatic carbocycles. The summed E-state index contributed by atoms with van der Waals surface area (Å²) in [5, 5.41) is 3.54. The lowest BCUT2D eigenvalue weighted by Gasteiger charge is -2.25. The molecule has 0 saturated heterocycles. The monoisotopic (exact) mass is 338 g/mol. The van der Waals surface area contributed by atoms with E-state index in [0.29, 0.717) is 6.42 Å². The molecule has 110 valence electrons.